The smallest absolute Gasteiger partial charge is 0.260 e. The van der Waals surface area contributed by atoms with Crippen LogP contribution < -0.4 is 9.64 Å². The van der Waals surface area contributed by atoms with Gasteiger partial charge in [-0.25, -0.2) is 19.0 Å². The summed E-state index contributed by atoms with van der Waals surface area (Å²) in [4.78, 5) is 27.2. The fourth-order valence-electron chi connectivity index (χ4n) is 5.31. The van der Waals surface area contributed by atoms with Crippen LogP contribution in [0.15, 0.2) is 72.8 Å². The zero-order valence-electron chi connectivity index (χ0n) is 24.1. The number of hydrogen-bond donors (Lipinski definition) is 0. The molecule has 5 aromatic rings. The Hall–Kier alpha value is -4.50. The molecule has 0 atom stereocenters. The Morgan fingerprint density at radius 3 is 2.40 bits per heavy atom. The van der Waals surface area contributed by atoms with Crippen molar-refractivity contribution < 1.29 is 13.9 Å². The number of carbonyl (C=O) groups is 1. The van der Waals surface area contributed by atoms with Gasteiger partial charge in [-0.05, 0) is 74.4 Å². The van der Waals surface area contributed by atoms with Crippen LogP contribution >= 0.6 is 11.6 Å². The van der Waals surface area contributed by atoms with Gasteiger partial charge in [0, 0.05) is 37.6 Å². The molecule has 0 bridgehead atoms. The summed E-state index contributed by atoms with van der Waals surface area (Å²) in [7, 11) is 0. The van der Waals surface area contributed by atoms with Crippen LogP contribution in [0.4, 0.5) is 10.2 Å². The molecule has 1 aliphatic heterocycles. The molecular weight excluding hydrogens is 567 g/mol. The van der Waals surface area contributed by atoms with E-state index >= 15 is 0 Å². The van der Waals surface area contributed by atoms with Crippen LogP contribution in [0.5, 0.6) is 5.75 Å². The molecule has 6 rings (SSSR count). The lowest BCUT2D eigenvalue weighted by Gasteiger charge is -2.24. The third-order valence-corrected chi connectivity index (χ3v) is 7.86. The van der Waals surface area contributed by atoms with Gasteiger partial charge in [0.15, 0.2) is 12.3 Å². The summed E-state index contributed by atoms with van der Waals surface area (Å²) in [6.45, 7) is 6.44. The average Bonchev–Trinajstić information content (AvgIpc) is 3.16. The van der Waals surface area contributed by atoms with Crippen molar-refractivity contribution in [3.05, 3.63) is 106 Å². The van der Waals surface area contributed by atoms with Crippen molar-refractivity contribution in [3.63, 3.8) is 0 Å². The molecule has 0 radical (unpaired) electrons. The van der Waals surface area contributed by atoms with E-state index in [2.05, 4.69) is 36.1 Å². The fraction of sp³-hybridized carbons (Fsp3) is 0.273. The lowest BCUT2D eigenvalue weighted by Crippen LogP contribution is -2.38. The number of hydrogen-bond acceptors (Lipinski definition) is 6. The molecular formula is C33H32ClFN6O2. The first kappa shape index (κ1) is 28.6. The lowest BCUT2D eigenvalue weighted by molar-refractivity contribution is -0.133. The van der Waals surface area contributed by atoms with Crippen molar-refractivity contribution in [2.45, 2.75) is 26.7 Å². The zero-order valence-corrected chi connectivity index (χ0v) is 24.9. The number of benzene rings is 3. The van der Waals surface area contributed by atoms with Gasteiger partial charge in [-0.1, -0.05) is 41.4 Å². The Kier molecular flexibility index (Phi) is 8.24. The second-order valence-electron chi connectivity index (χ2n) is 10.8. The molecule has 2 aromatic heterocycles. The Morgan fingerprint density at radius 2 is 1.65 bits per heavy atom. The monoisotopic (exact) mass is 598 g/mol. The highest BCUT2D eigenvalue weighted by Crippen LogP contribution is 2.30. The second kappa shape index (κ2) is 12.4. The van der Waals surface area contributed by atoms with E-state index in [-0.39, 0.29) is 18.3 Å². The van der Waals surface area contributed by atoms with Crippen LogP contribution in [0, 0.1) is 19.7 Å². The number of carbonyl (C=O) groups excluding carboxylic acids is 1. The first-order valence-electron chi connectivity index (χ1n) is 14.3. The summed E-state index contributed by atoms with van der Waals surface area (Å²) in [6, 6.07) is 21.6. The molecule has 0 spiro atoms. The van der Waals surface area contributed by atoms with Crippen LogP contribution in [0.3, 0.4) is 0 Å². The maximum Gasteiger partial charge on any atom is 0.260 e. The van der Waals surface area contributed by atoms with Crippen molar-refractivity contribution in [2.24, 2.45) is 0 Å². The first-order chi connectivity index (χ1) is 20.8. The molecule has 8 nitrogen and oxygen atoms in total. The van der Waals surface area contributed by atoms with Crippen molar-refractivity contribution in [3.8, 4) is 11.4 Å². The van der Waals surface area contributed by atoms with Crippen molar-refractivity contribution in [1.29, 1.82) is 0 Å². The van der Waals surface area contributed by atoms with E-state index < -0.39 is 0 Å². The highest BCUT2D eigenvalue weighted by atomic mass is 35.5. The number of nitrogens with zero attached hydrogens (tertiary/aromatic N) is 6. The molecule has 1 aliphatic rings. The number of aryl methyl sites for hydroxylation is 2. The van der Waals surface area contributed by atoms with E-state index in [4.69, 9.17) is 31.4 Å². The highest BCUT2D eigenvalue weighted by molar-refractivity contribution is 6.30. The van der Waals surface area contributed by atoms with Gasteiger partial charge >= 0.3 is 0 Å². The van der Waals surface area contributed by atoms with Crippen LogP contribution in [-0.2, 0) is 11.2 Å². The maximum atomic E-state index is 13.7. The van der Waals surface area contributed by atoms with E-state index in [1.807, 2.05) is 11.8 Å². The molecule has 0 aliphatic carbocycles. The van der Waals surface area contributed by atoms with Gasteiger partial charge in [-0.2, -0.15) is 5.10 Å². The maximum absolute atomic E-state index is 13.7. The van der Waals surface area contributed by atoms with E-state index in [1.54, 1.807) is 41.1 Å². The van der Waals surface area contributed by atoms with Crippen LogP contribution in [0.1, 0.15) is 29.1 Å². The minimum Gasteiger partial charge on any atom is -0.484 e. The van der Waals surface area contributed by atoms with Gasteiger partial charge in [0.05, 0.1) is 16.8 Å². The summed E-state index contributed by atoms with van der Waals surface area (Å²) in [5.74, 6) is 1.69. The van der Waals surface area contributed by atoms with Gasteiger partial charge in [0.1, 0.15) is 23.2 Å². The minimum absolute atomic E-state index is 0.0381. The number of rotatable bonds is 7. The summed E-state index contributed by atoms with van der Waals surface area (Å²) in [5, 5.41) is 6.27. The second-order valence-corrected chi connectivity index (χ2v) is 11.2. The summed E-state index contributed by atoms with van der Waals surface area (Å²) in [6.07, 6.45) is 1.33. The quantitative estimate of drug-likeness (QED) is 0.231. The standard InChI is InChI=1S/C33H32ClFN6O2/c1-22-4-6-24(7-5-22)20-29-36-32(31-23(2)38-41(33(31)37-29)27-12-10-26(35)11-13-27)40-17-3-16-39(18-19-40)30(42)21-43-28-14-8-25(34)9-15-28/h4-15H,3,16-21H2,1-2H3. The van der Waals surface area contributed by atoms with Gasteiger partial charge in [-0.3, -0.25) is 4.79 Å². The summed E-state index contributed by atoms with van der Waals surface area (Å²) in [5.41, 5.74) is 4.47. The normalized spacial score (nSPS) is 13.8. The average molecular weight is 599 g/mol. The molecule has 10 heteroatoms. The number of anilines is 1. The van der Waals surface area contributed by atoms with Crippen LogP contribution in [0.25, 0.3) is 16.7 Å². The molecule has 3 heterocycles. The molecule has 0 saturated carbocycles. The van der Waals surface area contributed by atoms with Crippen LogP contribution in [0.2, 0.25) is 5.02 Å². The molecule has 3 aromatic carbocycles. The Balaban J connectivity index is 1.29. The summed E-state index contributed by atoms with van der Waals surface area (Å²) < 4.78 is 21.2. The Bertz CT molecular complexity index is 1740. The van der Waals surface area contributed by atoms with Gasteiger partial charge in [0.2, 0.25) is 0 Å². The number of amides is 1. The topological polar surface area (TPSA) is 76.4 Å². The molecule has 220 valence electrons. The molecule has 43 heavy (non-hydrogen) atoms. The molecule has 0 unspecified atom stereocenters. The van der Waals surface area contributed by atoms with Crippen molar-refractivity contribution in [1.82, 2.24) is 24.6 Å². The minimum atomic E-state index is -0.311. The van der Waals surface area contributed by atoms with Crippen molar-refractivity contribution in [2.75, 3.05) is 37.7 Å². The zero-order chi connectivity index (χ0) is 29.9. The SMILES string of the molecule is Cc1ccc(Cc2nc(N3CCCN(C(=O)COc4ccc(Cl)cc4)CC3)c3c(C)nn(-c4ccc(F)cc4)c3n2)cc1. The van der Waals surface area contributed by atoms with Crippen molar-refractivity contribution >= 4 is 34.4 Å². The number of halogens is 2. The van der Waals surface area contributed by atoms with E-state index in [1.165, 1.54) is 17.7 Å². The number of ether oxygens (including phenoxy) is 1. The lowest BCUT2D eigenvalue weighted by atomic mass is 10.1. The Labute approximate surface area is 254 Å². The molecule has 1 saturated heterocycles. The van der Waals surface area contributed by atoms with Crippen LogP contribution in [-0.4, -0.2) is 63.3 Å². The predicted molar refractivity (Wildman–Crippen MR) is 166 cm³/mol. The number of aromatic nitrogens is 4. The summed E-state index contributed by atoms with van der Waals surface area (Å²) >= 11 is 5.96. The predicted octanol–water partition coefficient (Wildman–Crippen LogP) is 5.93. The van der Waals surface area contributed by atoms with Gasteiger partial charge in [0.25, 0.3) is 5.91 Å². The molecule has 1 amide bonds. The molecule has 0 N–H and O–H groups in total. The van der Waals surface area contributed by atoms with E-state index in [0.29, 0.717) is 48.3 Å². The Morgan fingerprint density at radius 1 is 0.907 bits per heavy atom. The van der Waals surface area contributed by atoms with E-state index in [9.17, 15) is 9.18 Å². The number of fused-ring (bicyclic) bond motifs is 1. The van der Waals surface area contributed by atoms with Gasteiger partial charge in [-0.15, -0.1) is 0 Å². The molecule has 1 fully saturated rings. The third-order valence-electron chi connectivity index (χ3n) is 7.61. The highest BCUT2D eigenvalue weighted by Gasteiger charge is 2.25. The van der Waals surface area contributed by atoms with Gasteiger partial charge < -0.3 is 14.5 Å². The van der Waals surface area contributed by atoms with E-state index in [0.717, 1.165) is 41.1 Å². The first-order valence-corrected chi connectivity index (χ1v) is 14.7. The largest absolute Gasteiger partial charge is 0.484 e. The third kappa shape index (κ3) is 6.46. The fourth-order valence-corrected chi connectivity index (χ4v) is 5.44.